The maximum atomic E-state index is 13.6. The molecule has 1 aliphatic heterocycles. The van der Waals surface area contributed by atoms with Crippen molar-refractivity contribution in [3.63, 3.8) is 0 Å². The van der Waals surface area contributed by atoms with Gasteiger partial charge in [-0.2, -0.15) is 0 Å². The standard InChI is InChI=1S/C36H47N3O4/c1-23(2)42-35(41)33(43-36(6,7)8)31-26(5)38-25(4)30(32(31)39-20-18-24(3)19-21-39)28-14-16-29(17-15-28)34(40)37-22-27-12-10-9-11-13-27/h9-17,23-24,33H,18-22H2,1-8H3,(H,37,40)/t33-/m0/s1. The maximum Gasteiger partial charge on any atom is 0.340 e. The molecule has 1 aromatic heterocycles. The first-order chi connectivity index (χ1) is 20.3. The summed E-state index contributed by atoms with van der Waals surface area (Å²) in [6.07, 6.45) is 0.894. The van der Waals surface area contributed by atoms with Gasteiger partial charge in [0, 0.05) is 47.7 Å². The molecule has 7 nitrogen and oxygen atoms in total. The highest BCUT2D eigenvalue weighted by atomic mass is 16.6. The number of nitrogens with one attached hydrogen (secondary N) is 1. The molecule has 43 heavy (non-hydrogen) atoms. The number of esters is 1. The van der Waals surface area contributed by atoms with Crippen molar-refractivity contribution in [1.29, 1.82) is 0 Å². The summed E-state index contributed by atoms with van der Waals surface area (Å²) in [5.74, 6) is 0.0882. The van der Waals surface area contributed by atoms with E-state index in [4.69, 9.17) is 14.5 Å². The van der Waals surface area contributed by atoms with Crippen LogP contribution in [0.1, 0.15) is 93.4 Å². The number of amides is 1. The average molecular weight is 586 g/mol. The maximum absolute atomic E-state index is 13.6. The minimum Gasteiger partial charge on any atom is -0.461 e. The van der Waals surface area contributed by atoms with Crippen molar-refractivity contribution in [2.75, 3.05) is 18.0 Å². The Morgan fingerprint density at radius 2 is 1.60 bits per heavy atom. The van der Waals surface area contributed by atoms with E-state index in [9.17, 15) is 9.59 Å². The molecule has 2 heterocycles. The molecule has 7 heteroatoms. The van der Waals surface area contributed by atoms with Gasteiger partial charge in [-0.1, -0.05) is 49.4 Å². The third kappa shape index (κ3) is 8.23. The predicted octanol–water partition coefficient (Wildman–Crippen LogP) is 7.34. The topological polar surface area (TPSA) is 80.8 Å². The number of ether oxygens (including phenoxy) is 2. The van der Waals surface area contributed by atoms with Crippen LogP contribution in [0.25, 0.3) is 11.1 Å². The number of carbonyl (C=O) groups excluding carboxylic acids is 2. The van der Waals surface area contributed by atoms with Gasteiger partial charge in [0.25, 0.3) is 5.91 Å². The Labute approximate surface area is 257 Å². The first-order valence-electron chi connectivity index (χ1n) is 15.4. The molecule has 1 saturated heterocycles. The van der Waals surface area contributed by atoms with Gasteiger partial charge in [0.1, 0.15) is 0 Å². The molecular weight excluding hydrogens is 538 g/mol. The van der Waals surface area contributed by atoms with Crippen molar-refractivity contribution in [3.8, 4) is 11.1 Å². The van der Waals surface area contributed by atoms with Crippen LogP contribution in [-0.4, -0.2) is 41.7 Å². The van der Waals surface area contributed by atoms with E-state index in [-0.39, 0.29) is 12.0 Å². The lowest BCUT2D eigenvalue weighted by Gasteiger charge is -2.38. The van der Waals surface area contributed by atoms with Gasteiger partial charge in [0.15, 0.2) is 6.10 Å². The fourth-order valence-electron chi connectivity index (χ4n) is 5.61. The second-order valence-corrected chi connectivity index (χ2v) is 12.9. The Bertz CT molecular complexity index is 1400. The van der Waals surface area contributed by atoms with E-state index < -0.39 is 17.7 Å². The van der Waals surface area contributed by atoms with Gasteiger partial charge >= 0.3 is 5.97 Å². The Kier molecular flexibility index (Phi) is 10.3. The Hall–Kier alpha value is -3.71. The van der Waals surface area contributed by atoms with Crippen LogP contribution in [0.5, 0.6) is 0 Å². The minimum absolute atomic E-state index is 0.129. The smallest absolute Gasteiger partial charge is 0.340 e. The molecule has 1 atom stereocenters. The average Bonchev–Trinajstić information content (AvgIpc) is 2.95. The molecule has 0 aliphatic carbocycles. The van der Waals surface area contributed by atoms with Crippen LogP contribution in [-0.2, 0) is 20.8 Å². The number of piperidine rings is 1. The zero-order valence-electron chi connectivity index (χ0n) is 27.0. The summed E-state index contributed by atoms with van der Waals surface area (Å²) >= 11 is 0. The van der Waals surface area contributed by atoms with Crippen LogP contribution < -0.4 is 10.2 Å². The van der Waals surface area contributed by atoms with Crippen molar-refractivity contribution in [2.45, 2.75) is 92.6 Å². The molecule has 0 bridgehead atoms. The third-order valence-corrected chi connectivity index (χ3v) is 7.71. The number of rotatable bonds is 9. The van der Waals surface area contributed by atoms with Gasteiger partial charge in [-0.05, 0) is 90.5 Å². The van der Waals surface area contributed by atoms with Gasteiger partial charge < -0.3 is 19.7 Å². The van der Waals surface area contributed by atoms with Crippen molar-refractivity contribution >= 4 is 17.6 Å². The summed E-state index contributed by atoms with van der Waals surface area (Å²) in [5, 5.41) is 3.01. The second-order valence-electron chi connectivity index (χ2n) is 12.9. The predicted molar refractivity (Wildman–Crippen MR) is 172 cm³/mol. The summed E-state index contributed by atoms with van der Waals surface area (Å²) < 4.78 is 12.2. The number of aryl methyl sites for hydroxylation is 2. The molecule has 0 saturated carbocycles. The lowest BCUT2D eigenvalue weighted by atomic mass is 9.91. The molecule has 0 spiro atoms. The minimum atomic E-state index is -0.938. The zero-order valence-corrected chi connectivity index (χ0v) is 27.0. The lowest BCUT2D eigenvalue weighted by Crippen LogP contribution is -2.37. The molecule has 2 aromatic carbocycles. The van der Waals surface area contributed by atoms with Crippen molar-refractivity contribution in [1.82, 2.24) is 10.3 Å². The highest BCUT2D eigenvalue weighted by Gasteiger charge is 2.36. The summed E-state index contributed by atoms with van der Waals surface area (Å²) in [4.78, 5) is 34.0. The fourth-order valence-corrected chi connectivity index (χ4v) is 5.61. The highest BCUT2D eigenvalue weighted by molar-refractivity contribution is 5.95. The lowest BCUT2D eigenvalue weighted by molar-refractivity contribution is -0.171. The Morgan fingerprint density at radius 1 is 0.977 bits per heavy atom. The number of hydrogen-bond donors (Lipinski definition) is 1. The molecule has 1 N–H and O–H groups in total. The largest absolute Gasteiger partial charge is 0.461 e. The summed E-state index contributed by atoms with van der Waals surface area (Å²) in [5.41, 5.74) is 6.25. The quantitative estimate of drug-likeness (QED) is 0.265. The van der Waals surface area contributed by atoms with Crippen molar-refractivity contribution < 1.29 is 19.1 Å². The van der Waals surface area contributed by atoms with Gasteiger partial charge in [-0.3, -0.25) is 9.78 Å². The molecular formula is C36H47N3O4. The summed E-state index contributed by atoms with van der Waals surface area (Å²) in [6, 6.07) is 17.5. The van der Waals surface area contributed by atoms with Crippen molar-refractivity contribution in [2.24, 2.45) is 5.92 Å². The molecule has 1 fully saturated rings. The molecule has 230 valence electrons. The number of anilines is 1. The molecule has 0 unspecified atom stereocenters. The highest BCUT2D eigenvalue weighted by Crippen LogP contribution is 2.44. The van der Waals surface area contributed by atoms with Gasteiger partial charge in [-0.25, -0.2) is 4.79 Å². The third-order valence-electron chi connectivity index (χ3n) is 7.71. The normalized spacial score (nSPS) is 15.0. The number of carbonyl (C=O) groups is 2. The number of aromatic nitrogens is 1. The van der Waals surface area contributed by atoms with Gasteiger partial charge in [-0.15, -0.1) is 0 Å². The van der Waals surface area contributed by atoms with Gasteiger partial charge in [0.05, 0.1) is 17.4 Å². The summed E-state index contributed by atoms with van der Waals surface area (Å²) in [7, 11) is 0. The van der Waals surface area contributed by atoms with E-state index in [0.717, 1.165) is 65.3 Å². The Morgan fingerprint density at radius 3 is 2.19 bits per heavy atom. The first kappa shape index (κ1) is 32.2. The summed E-state index contributed by atoms with van der Waals surface area (Å²) in [6.45, 7) is 18.0. The van der Waals surface area contributed by atoms with Crippen LogP contribution in [0.4, 0.5) is 5.69 Å². The number of benzene rings is 2. The van der Waals surface area contributed by atoms with E-state index >= 15 is 0 Å². The van der Waals surface area contributed by atoms with Crippen LogP contribution in [0, 0.1) is 19.8 Å². The molecule has 3 aromatic rings. The fraction of sp³-hybridized carbons (Fsp3) is 0.472. The Balaban J connectivity index is 1.79. The monoisotopic (exact) mass is 585 g/mol. The SMILES string of the molecule is Cc1nc(C)c([C@H](OC(C)(C)C)C(=O)OC(C)C)c(N2CCC(C)CC2)c1-c1ccc(C(=O)NCc2ccccc2)cc1. The zero-order chi connectivity index (χ0) is 31.3. The van der Waals surface area contributed by atoms with Crippen LogP contribution in [0.3, 0.4) is 0 Å². The van der Waals surface area contributed by atoms with Crippen LogP contribution in [0.2, 0.25) is 0 Å². The van der Waals surface area contributed by atoms with Crippen molar-refractivity contribution in [3.05, 3.63) is 82.7 Å². The molecule has 4 rings (SSSR count). The van der Waals surface area contributed by atoms with E-state index in [0.29, 0.717) is 18.0 Å². The number of pyridine rings is 1. The van der Waals surface area contributed by atoms with Crippen LogP contribution in [0.15, 0.2) is 54.6 Å². The van der Waals surface area contributed by atoms with E-state index in [1.54, 1.807) is 0 Å². The second kappa shape index (κ2) is 13.7. The number of hydrogen-bond acceptors (Lipinski definition) is 6. The van der Waals surface area contributed by atoms with E-state index in [2.05, 4.69) is 17.1 Å². The molecule has 1 aliphatic rings. The van der Waals surface area contributed by atoms with E-state index in [1.165, 1.54) is 0 Å². The van der Waals surface area contributed by atoms with Crippen LogP contribution >= 0.6 is 0 Å². The van der Waals surface area contributed by atoms with Gasteiger partial charge in [0.2, 0.25) is 0 Å². The van der Waals surface area contributed by atoms with E-state index in [1.807, 2.05) is 103 Å². The first-order valence-corrected chi connectivity index (χ1v) is 15.4. The molecule has 1 amide bonds. The number of nitrogens with zero attached hydrogens (tertiary/aromatic N) is 2. The molecule has 0 radical (unpaired) electrons.